The Kier molecular flexibility index (Phi) is 5.69. The number of hydrogen-bond acceptors (Lipinski definition) is 4. The van der Waals surface area contributed by atoms with Crippen molar-refractivity contribution < 1.29 is 13.9 Å². The van der Waals surface area contributed by atoms with Crippen molar-refractivity contribution in [1.29, 1.82) is 0 Å². The summed E-state index contributed by atoms with van der Waals surface area (Å²) in [5, 5.41) is 17.9. The molecule has 0 bridgehead atoms. The van der Waals surface area contributed by atoms with Crippen molar-refractivity contribution in [3.8, 4) is 0 Å². The molecule has 4 nitrogen and oxygen atoms in total. The highest BCUT2D eigenvalue weighted by Crippen LogP contribution is 2.19. The predicted octanol–water partition coefficient (Wildman–Crippen LogP) is 2.79. The molecule has 0 amide bonds. The van der Waals surface area contributed by atoms with E-state index in [9.17, 15) is 13.9 Å². The van der Waals surface area contributed by atoms with Crippen LogP contribution >= 0.6 is 11.8 Å². The van der Waals surface area contributed by atoms with Crippen molar-refractivity contribution in [2.75, 3.05) is 5.75 Å². The first-order valence-corrected chi connectivity index (χ1v) is 7.74. The average Bonchev–Trinajstić information content (AvgIpc) is 2.86. The summed E-state index contributed by atoms with van der Waals surface area (Å²) < 4.78 is 27.8. The lowest BCUT2D eigenvalue weighted by atomic mass is 10.2. The van der Waals surface area contributed by atoms with Crippen molar-refractivity contribution in [2.45, 2.75) is 38.1 Å². The van der Waals surface area contributed by atoms with Crippen LogP contribution in [0.5, 0.6) is 0 Å². The van der Waals surface area contributed by atoms with Gasteiger partial charge >= 0.3 is 0 Å². The molecule has 0 aliphatic rings. The van der Waals surface area contributed by atoms with Crippen LogP contribution in [0, 0.1) is 11.6 Å². The standard InChI is InChI=1S/C14H17F2N3OS/c1-2-6-19-13(9-20)17-18-14(19)21-7-5-10-3-4-11(15)12(16)8-10/h3-4,8,20H,2,5-7,9H2,1H3. The number of benzene rings is 1. The number of nitrogens with zero attached hydrogens (tertiary/aromatic N) is 3. The summed E-state index contributed by atoms with van der Waals surface area (Å²) in [4.78, 5) is 0. The third kappa shape index (κ3) is 4.01. The van der Waals surface area contributed by atoms with Gasteiger partial charge in [0.05, 0.1) is 0 Å². The smallest absolute Gasteiger partial charge is 0.191 e. The van der Waals surface area contributed by atoms with Gasteiger partial charge in [0.25, 0.3) is 0 Å². The molecule has 0 saturated carbocycles. The van der Waals surface area contributed by atoms with Gasteiger partial charge in [-0.2, -0.15) is 0 Å². The maximum Gasteiger partial charge on any atom is 0.191 e. The summed E-state index contributed by atoms with van der Waals surface area (Å²) >= 11 is 1.49. The fourth-order valence-electron chi connectivity index (χ4n) is 1.95. The summed E-state index contributed by atoms with van der Waals surface area (Å²) in [5.41, 5.74) is 0.741. The van der Waals surface area contributed by atoms with Gasteiger partial charge in [0, 0.05) is 12.3 Å². The maximum atomic E-state index is 13.1. The van der Waals surface area contributed by atoms with Crippen molar-refractivity contribution in [2.24, 2.45) is 0 Å². The van der Waals surface area contributed by atoms with Gasteiger partial charge in [-0.3, -0.25) is 0 Å². The van der Waals surface area contributed by atoms with Crippen molar-refractivity contribution in [1.82, 2.24) is 14.8 Å². The van der Waals surface area contributed by atoms with Crippen LogP contribution in [-0.4, -0.2) is 25.6 Å². The number of aliphatic hydroxyl groups is 1. The predicted molar refractivity (Wildman–Crippen MR) is 77.0 cm³/mol. The van der Waals surface area contributed by atoms with Gasteiger partial charge < -0.3 is 9.67 Å². The zero-order valence-electron chi connectivity index (χ0n) is 11.7. The molecule has 0 saturated heterocycles. The summed E-state index contributed by atoms with van der Waals surface area (Å²) in [6.45, 7) is 2.64. The van der Waals surface area contributed by atoms with E-state index < -0.39 is 11.6 Å². The number of rotatable bonds is 7. The Hall–Kier alpha value is -1.47. The Morgan fingerprint density at radius 3 is 2.71 bits per heavy atom. The number of aliphatic hydroxyl groups excluding tert-OH is 1. The lowest BCUT2D eigenvalue weighted by Crippen LogP contribution is -2.05. The second-order valence-electron chi connectivity index (χ2n) is 4.56. The fraction of sp³-hybridized carbons (Fsp3) is 0.429. The first-order valence-electron chi connectivity index (χ1n) is 6.75. The molecule has 2 aromatic rings. The molecule has 0 aliphatic carbocycles. The Balaban J connectivity index is 1.96. The molecule has 0 spiro atoms. The van der Waals surface area contributed by atoms with Crippen molar-refractivity contribution in [3.05, 3.63) is 41.2 Å². The molecule has 0 aliphatic heterocycles. The lowest BCUT2D eigenvalue weighted by Gasteiger charge is -2.07. The second-order valence-corrected chi connectivity index (χ2v) is 5.62. The van der Waals surface area contributed by atoms with E-state index in [0.29, 0.717) is 18.0 Å². The van der Waals surface area contributed by atoms with E-state index in [4.69, 9.17) is 0 Å². The van der Waals surface area contributed by atoms with Crippen LogP contribution in [0.1, 0.15) is 24.7 Å². The minimum Gasteiger partial charge on any atom is -0.388 e. The second kappa shape index (κ2) is 7.51. The van der Waals surface area contributed by atoms with Crippen molar-refractivity contribution in [3.63, 3.8) is 0 Å². The average molecular weight is 313 g/mol. The Bertz CT molecular complexity index is 604. The van der Waals surface area contributed by atoms with Gasteiger partial charge in [0.2, 0.25) is 0 Å². The molecule has 21 heavy (non-hydrogen) atoms. The molecule has 0 radical (unpaired) electrons. The third-order valence-electron chi connectivity index (χ3n) is 2.99. The van der Waals surface area contributed by atoms with Crippen LogP contribution in [0.15, 0.2) is 23.4 Å². The van der Waals surface area contributed by atoms with Gasteiger partial charge in [0.1, 0.15) is 6.61 Å². The molecule has 1 heterocycles. The van der Waals surface area contributed by atoms with Gasteiger partial charge in [0.15, 0.2) is 22.6 Å². The zero-order valence-corrected chi connectivity index (χ0v) is 12.5. The molecule has 114 valence electrons. The molecule has 0 atom stereocenters. The first-order chi connectivity index (χ1) is 10.2. The zero-order chi connectivity index (χ0) is 15.2. The van der Waals surface area contributed by atoms with E-state index >= 15 is 0 Å². The van der Waals surface area contributed by atoms with E-state index in [0.717, 1.165) is 29.8 Å². The third-order valence-corrected chi connectivity index (χ3v) is 3.96. The summed E-state index contributed by atoms with van der Waals surface area (Å²) in [6.07, 6.45) is 1.52. The molecule has 2 rings (SSSR count). The largest absolute Gasteiger partial charge is 0.388 e. The minimum atomic E-state index is -0.832. The van der Waals surface area contributed by atoms with Crippen LogP contribution in [0.4, 0.5) is 8.78 Å². The minimum absolute atomic E-state index is 0.142. The van der Waals surface area contributed by atoms with Gasteiger partial charge in [-0.05, 0) is 30.5 Å². The number of aromatic nitrogens is 3. The van der Waals surface area contributed by atoms with E-state index in [1.165, 1.54) is 17.8 Å². The molecule has 7 heteroatoms. The number of halogens is 2. The number of thioether (sulfide) groups is 1. The highest BCUT2D eigenvalue weighted by Gasteiger charge is 2.11. The van der Waals surface area contributed by atoms with E-state index in [1.807, 2.05) is 11.5 Å². The Morgan fingerprint density at radius 2 is 2.05 bits per heavy atom. The first kappa shape index (κ1) is 15.9. The normalized spacial score (nSPS) is 11.0. The van der Waals surface area contributed by atoms with E-state index in [1.54, 1.807) is 6.07 Å². The van der Waals surface area contributed by atoms with Gasteiger partial charge in [-0.1, -0.05) is 24.8 Å². The number of hydrogen-bond donors (Lipinski definition) is 1. The highest BCUT2D eigenvalue weighted by atomic mass is 32.2. The molecule has 0 unspecified atom stereocenters. The lowest BCUT2D eigenvalue weighted by molar-refractivity contribution is 0.263. The Labute approximate surface area is 126 Å². The van der Waals surface area contributed by atoms with Crippen LogP contribution in [-0.2, 0) is 19.6 Å². The quantitative estimate of drug-likeness (QED) is 0.799. The topological polar surface area (TPSA) is 50.9 Å². The molecule has 1 N–H and O–H groups in total. The molecule has 1 aromatic carbocycles. The van der Waals surface area contributed by atoms with E-state index in [-0.39, 0.29) is 6.61 Å². The molecule has 0 fully saturated rings. The molecular weight excluding hydrogens is 296 g/mol. The fourth-order valence-corrected chi connectivity index (χ4v) is 2.92. The SMILES string of the molecule is CCCn1c(CO)nnc1SCCc1ccc(F)c(F)c1. The summed E-state index contributed by atoms with van der Waals surface area (Å²) in [6, 6.07) is 3.93. The summed E-state index contributed by atoms with van der Waals surface area (Å²) in [5.74, 6) is -0.429. The van der Waals surface area contributed by atoms with Crippen LogP contribution in [0.2, 0.25) is 0 Å². The Morgan fingerprint density at radius 1 is 1.24 bits per heavy atom. The van der Waals surface area contributed by atoms with Crippen LogP contribution in [0.3, 0.4) is 0 Å². The summed E-state index contributed by atoms with van der Waals surface area (Å²) in [7, 11) is 0. The maximum absolute atomic E-state index is 13.1. The number of aryl methyl sites for hydroxylation is 1. The molecular formula is C14H17F2N3OS. The monoisotopic (exact) mass is 313 g/mol. The van der Waals surface area contributed by atoms with Gasteiger partial charge in [-0.25, -0.2) is 8.78 Å². The van der Waals surface area contributed by atoms with Crippen LogP contribution < -0.4 is 0 Å². The van der Waals surface area contributed by atoms with Gasteiger partial charge in [-0.15, -0.1) is 10.2 Å². The molecule has 1 aromatic heterocycles. The highest BCUT2D eigenvalue weighted by molar-refractivity contribution is 7.99. The van der Waals surface area contributed by atoms with E-state index in [2.05, 4.69) is 10.2 Å². The van der Waals surface area contributed by atoms with Crippen molar-refractivity contribution >= 4 is 11.8 Å². The van der Waals surface area contributed by atoms with Crippen LogP contribution in [0.25, 0.3) is 0 Å².